The second kappa shape index (κ2) is 7.52. The highest BCUT2D eigenvalue weighted by Crippen LogP contribution is 2.25. The number of rotatable bonds is 7. The summed E-state index contributed by atoms with van der Waals surface area (Å²) >= 11 is 0. The van der Waals surface area contributed by atoms with Crippen LogP contribution in [-0.4, -0.2) is 24.5 Å². The number of nitrogens with zero attached hydrogens (tertiary/aromatic N) is 1. The minimum Gasteiger partial charge on any atom is -0.320 e. The molecule has 0 aliphatic heterocycles. The van der Waals surface area contributed by atoms with Gasteiger partial charge in [0.1, 0.15) is 5.82 Å². The Morgan fingerprint density at radius 2 is 1.55 bits per heavy atom. The molecule has 0 heterocycles. The average molecular weight is 300 g/mol. The molecule has 1 unspecified atom stereocenters. The molecule has 2 nitrogen and oxygen atoms in total. The Morgan fingerprint density at radius 1 is 0.955 bits per heavy atom. The summed E-state index contributed by atoms with van der Waals surface area (Å²) in [5.41, 5.74) is 8.44. The molecule has 3 heteroatoms. The van der Waals surface area contributed by atoms with Gasteiger partial charge in [-0.3, -0.25) is 0 Å². The molecule has 0 saturated carbocycles. The van der Waals surface area contributed by atoms with Gasteiger partial charge in [0.25, 0.3) is 0 Å². The number of nitrogens with two attached hydrogens (primary N) is 1. The molecule has 0 aliphatic carbocycles. The Hall–Kier alpha value is -1.71. The molecule has 0 radical (unpaired) electrons. The van der Waals surface area contributed by atoms with E-state index in [0.29, 0.717) is 0 Å². The number of likely N-dealkylation sites (N-methyl/N-ethyl adjacent to an activating group) is 1. The summed E-state index contributed by atoms with van der Waals surface area (Å²) in [6, 6.07) is 16.8. The normalized spacial score (nSPS) is 14.0. The average Bonchev–Trinajstić information content (AvgIpc) is 2.54. The third kappa shape index (κ3) is 4.15. The number of halogens is 1. The molecule has 118 valence electrons. The molecular formula is C19H25FN2. The highest BCUT2D eigenvalue weighted by atomic mass is 19.1. The van der Waals surface area contributed by atoms with Crippen LogP contribution in [0.5, 0.6) is 0 Å². The largest absolute Gasteiger partial charge is 0.320 e. The van der Waals surface area contributed by atoms with Crippen LogP contribution in [0, 0.1) is 5.82 Å². The van der Waals surface area contributed by atoms with E-state index in [4.69, 9.17) is 5.73 Å². The van der Waals surface area contributed by atoms with Crippen molar-refractivity contribution in [2.24, 2.45) is 5.73 Å². The van der Waals surface area contributed by atoms with E-state index in [1.165, 1.54) is 17.7 Å². The van der Waals surface area contributed by atoms with Gasteiger partial charge in [-0.25, -0.2) is 4.39 Å². The second-order valence-electron chi connectivity index (χ2n) is 5.79. The standard InChI is InChI=1S/C19H25FN2/c1-3-22(4-2)15-19(21,14-16-8-6-5-7-9-16)17-10-12-18(20)13-11-17/h5-13H,3-4,14-15,21H2,1-2H3. The zero-order chi connectivity index (χ0) is 16.0. The van der Waals surface area contributed by atoms with Gasteiger partial charge in [-0.2, -0.15) is 0 Å². The van der Waals surface area contributed by atoms with E-state index in [9.17, 15) is 4.39 Å². The molecule has 2 rings (SSSR count). The van der Waals surface area contributed by atoms with Crippen molar-refractivity contribution >= 4 is 0 Å². The highest BCUT2D eigenvalue weighted by Gasteiger charge is 2.29. The van der Waals surface area contributed by atoms with Crippen molar-refractivity contribution in [1.29, 1.82) is 0 Å². The van der Waals surface area contributed by atoms with Crippen molar-refractivity contribution in [3.8, 4) is 0 Å². The maximum absolute atomic E-state index is 13.2. The molecule has 2 aromatic rings. The van der Waals surface area contributed by atoms with Gasteiger partial charge in [0.2, 0.25) is 0 Å². The van der Waals surface area contributed by atoms with Crippen molar-refractivity contribution < 1.29 is 4.39 Å². The first-order valence-corrected chi connectivity index (χ1v) is 7.88. The summed E-state index contributed by atoms with van der Waals surface area (Å²) in [5.74, 6) is -0.228. The van der Waals surface area contributed by atoms with Gasteiger partial charge in [0, 0.05) is 6.54 Å². The van der Waals surface area contributed by atoms with Crippen LogP contribution in [0.25, 0.3) is 0 Å². The summed E-state index contributed by atoms with van der Waals surface area (Å²) in [5, 5.41) is 0. The molecule has 22 heavy (non-hydrogen) atoms. The molecule has 2 N–H and O–H groups in total. The van der Waals surface area contributed by atoms with Crippen LogP contribution in [0.2, 0.25) is 0 Å². The van der Waals surface area contributed by atoms with Crippen LogP contribution >= 0.6 is 0 Å². The molecule has 0 saturated heterocycles. The number of hydrogen-bond acceptors (Lipinski definition) is 2. The second-order valence-corrected chi connectivity index (χ2v) is 5.79. The molecule has 0 aliphatic rings. The van der Waals surface area contributed by atoms with Crippen molar-refractivity contribution in [3.63, 3.8) is 0 Å². The smallest absolute Gasteiger partial charge is 0.123 e. The minimum atomic E-state index is -0.527. The number of hydrogen-bond donors (Lipinski definition) is 1. The molecule has 2 aromatic carbocycles. The summed E-state index contributed by atoms with van der Waals surface area (Å²) < 4.78 is 13.2. The lowest BCUT2D eigenvalue weighted by molar-refractivity contribution is 0.224. The predicted molar refractivity (Wildman–Crippen MR) is 90.2 cm³/mol. The maximum atomic E-state index is 13.2. The lowest BCUT2D eigenvalue weighted by Gasteiger charge is -2.35. The molecular weight excluding hydrogens is 275 g/mol. The van der Waals surface area contributed by atoms with E-state index < -0.39 is 5.54 Å². The number of benzene rings is 2. The molecule has 1 atom stereocenters. The minimum absolute atomic E-state index is 0.228. The lowest BCUT2D eigenvalue weighted by Crippen LogP contribution is -2.49. The van der Waals surface area contributed by atoms with E-state index in [2.05, 4.69) is 30.9 Å². The summed E-state index contributed by atoms with van der Waals surface area (Å²) in [7, 11) is 0. The van der Waals surface area contributed by atoms with Crippen molar-refractivity contribution in [3.05, 3.63) is 71.5 Å². The molecule has 0 fully saturated rings. The van der Waals surface area contributed by atoms with E-state index in [0.717, 1.165) is 31.6 Å². The van der Waals surface area contributed by atoms with Gasteiger partial charge in [-0.15, -0.1) is 0 Å². The fraction of sp³-hybridized carbons (Fsp3) is 0.368. The zero-order valence-electron chi connectivity index (χ0n) is 13.4. The molecule has 0 spiro atoms. The van der Waals surface area contributed by atoms with Crippen molar-refractivity contribution in [2.45, 2.75) is 25.8 Å². The predicted octanol–water partition coefficient (Wildman–Crippen LogP) is 3.56. The Kier molecular flexibility index (Phi) is 5.69. The first kappa shape index (κ1) is 16.7. The van der Waals surface area contributed by atoms with Crippen molar-refractivity contribution in [1.82, 2.24) is 4.90 Å². The van der Waals surface area contributed by atoms with Crippen LogP contribution in [0.4, 0.5) is 4.39 Å². The van der Waals surface area contributed by atoms with Gasteiger partial charge < -0.3 is 10.6 Å². The third-order valence-corrected chi connectivity index (χ3v) is 4.18. The van der Waals surface area contributed by atoms with Crippen LogP contribution < -0.4 is 5.73 Å². The summed E-state index contributed by atoms with van der Waals surface area (Å²) in [6.45, 7) is 6.92. The fourth-order valence-electron chi connectivity index (χ4n) is 2.84. The van der Waals surface area contributed by atoms with Crippen molar-refractivity contribution in [2.75, 3.05) is 19.6 Å². The van der Waals surface area contributed by atoms with E-state index >= 15 is 0 Å². The van der Waals surface area contributed by atoms with Crippen LogP contribution in [0.3, 0.4) is 0 Å². The molecule has 0 bridgehead atoms. The SMILES string of the molecule is CCN(CC)CC(N)(Cc1ccccc1)c1ccc(F)cc1. The Bertz CT molecular complexity index is 564. The van der Waals surface area contributed by atoms with Gasteiger partial charge >= 0.3 is 0 Å². The van der Waals surface area contributed by atoms with Crippen LogP contribution in [-0.2, 0) is 12.0 Å². The van der Waals surface area contributed by atoms with E-state index in [1.54, 1.807) is 0 Å². The molecule has 0 amide bonds. The first-order chi connectivity index (χ1) is 10.6. The Balaban J connectivity index is 2.32. The Morgan fingerprint density at radius 3 is 2.09 bits per heavy atom. The van der Waals surface area contributed by atoms with E-state index in [1.807, 2.05) is 30.3 Å². The quantitative estimate of drug-likeness (QED) is 0.847. The maximum Gasteiger partial charge on any atom is 0.123 e. The topological polar surface area (TPSA) is 29.3 Å². The van der Waals surface area contributed by atoms with E-state index in [-0.39, 0.29) is 5.82 Å². The lowest BCUT2D eigenvalue weighted by atomic mass is 9.84. The Labute approximate surface area is 132 Å². The molecule has 0 aromatic heterocycles. The van der Waals surface area contributed by atoms with Gasteiger partial charge in [-0.05, 0) is 42.8 Å². The first-order valence-electron chi connectivity index (χ1n) is 7.88. The fourth-order valence-corrected chi connectivity index (χ4v) is 2.84. The summed E-state index contributed by atoms with van der Waals surface area (Å²) in [4.78, 5) is 2.31. The zero-order valence-corrected chi connectivity index (χ0v) is 13.4. The van der Waals surface area contributed by atoms with Crippen LogP contribution in [0.1, 0.15) is 25.0 Å². The third-order valence-electron chi connectivity index (χ3n) is 4.18. The van der Waals surface area contributed by atoms with Gasteiger partial charge in [0.05, 0.1) is 5.54 Å². The van der Waals surface area contributed by atoms with Crippen LogP contribution in [0.15, 0.2) is 54.6 Å². The van der Waals surface area contributed by atoms with Gasteiger partial charge in [0.15, 0.2) is 0 Å². The van der Waals surface area contributed by atoms with Gasteiger partial charge in [-0.1, -0.05) is 56.3 Å². The highest BCUT2D eigenvalue weighted by molar-refractivity contribution is 5.29. The monoisotopic (exact) mass is 300 g/mol. The summed E-state index contributed by atoms with van der Waals surface area (Å²) in [6.07, 6.45) is 0.732.